The molecule has 2 N–H and O–H groups in total. The van der Waals surface area contributed by atoms with Crippen LogP contribution in [0.25, 0.3) is 0 Å². The number of nitrogens with two attached hydrogens (primary N) is 1. The third-order valence-corrected chi connectivity index (χ3v) is 3.25. The van der Waals surface area contributed by atoms with E-state index in [1.165, 1.54) is 6.42 Å². The summed E-state index contributed by atoms with van der Waals surface area (Å²) in [6.45, 7) is 0.890. The van der Waals surface area contributed by atoms with Crippen LogP contribution in [0.3, 0.4) is 0 Å². The molecule has 1 atom stereocenters. The lowest BCUT2D eigenvalue weighted by atomic mass is 10.3. The van der Waals surface area contributed by atoms with Crippen molar-refractivity contribution < 1.29 is 4.74 Å². The fourth-order valence-electron chi connectivity index (χ4n) is 1.39. The zero-order chi connectivity index (χ0) is 9.80. The molecule has 0 amide bonds. The van der Waals surface area contributed by atoms with Gasteiger partial charge in [0.15, 0.2) is 5.82 Å². The van der Waals surface area contributed by atoms with Gasteiger partial charge in [-0.1, -0.05) is 11.8 Å². The van der Waals surface area contributed by atoms with Gasteiger partial charge in [-0.3, -0.25) is 0 Å². The highest BCUT2D eigenvalue weighted by atomic mass is 32.2. The average Bonchev–Trinajstić information content (AvgIpc) is 2.69. The van der Waals surface area contributed by atoms with Crippen LogP contribution < -0.4 is 5.73 Å². The summed E-state index contributed by atoms with van der Waals surface area (Å²) in [5.41, 5.74) is 5.67. The largest absolute Gasteiger partial charge is 0.381 e. The Hall–Kier alpha value is -0.810. The Morgan fingerprint density at radius 3 is 3.07 bits per heavy atom. The summed E-state index contributed by atoms with van der Waals surface area (Å²) >= 11 is 1.62. The molecule has 76 valence electrons. The Balaban J connectivity index is 1.88. The number of rotatable bonds is 3. The van der Waals surface area contributed by atoms with E-state index in [-0.39, 0.29) is 0 Å². The number of hydrogen-bond acceptors (Lipinski definition) is 5. The number of nitrogens with zero attached hydrogens (tertiary/aromatic N) is 2. The molecule has 1 fully saturated rings. The van der Waals surface area contributed by atoms with Crippen molar-refractivity contribution in [3.63, 3.8) is 0 Å². The summed E-state index contributed by atoms with van der Waals surface area (Å²) < 4.78 is 5.50. The number of hydrogen-bond donors (Lipinski definition) is 1. The SMILES string of the molecule is Nc1nccnc1SCC1CCCO1. The van der Waals surface area contributed by atoms with E-state index in [1.54, 1.807) is 24.2 Å². The zero-order valence-corrected chi connectivity index (χ0v) is 8.67. The van der Waals surface area contributed by atoms with E-state index in [0.717, 1.165) is 23.8 Å². The van der Waals surface area contributed by atoms with Crippen molar-refractivity contribution in [3.8, 4) is 0 Å². The van der Waals surface area contributed by atoms with Gasteiger partial charge in [0.25, 0.3) is 0 Å². The molecule has 4 nitrogen and oxygen atoms in total. The van der Waals surface area contributed by atoms with Crippen molar-refractivity contribution in [3.05, 3.63) is 12.4 Å². The first-order chi connectivity index (χ1) is 6.86. The first-order valence-electron chi connectivity index (χ1n) is 4.67. The van der Waals surface area contributed by atoms with Gasteiger partial charge in [-0.25, -0.2) is 9.97 Å². The van der Waals surface area contributed by atoms with Crippen LogP contribution in [-0.2, 0) is 4.74 Å². The van der Waals surface area contributed by atoms with Crippen LogP contribution in [0.2, 0.25) is 0 Å². The second kappa shape index (κ2) is 4.61. The molecule has 1 aliphatic rings. The summed E-state index contributed by atoms with van der Waals surface area (Å²) in [4.78, 5) is 8.14. The van der Waals surface area contributed by atoms with Crippen LogP contribution >= 0.6 is 11.8 Å². The number of thioether (sulfide) groups is 1. The van der Waals surface area contributed by atoms with Gasteiger partial charge in [-0.2, -0.15) is 0 Å². The number of ether oxygens (including phenoxy) is 1. The lowest BCUT2D eigenvalue weighted by molar-refractivity contribution is 0.129. The van der Waals surface area contributed by atoms with Gasteiger partial charge in [0.2, 0.25) is 0 Å². The van der Waals surface area contributed by atoms with E-state index < -0.39 is 0 Å². The number of aromatic nitrogens is 2. The average molecular weight is 211 g/mol. The molecule has 1 saturated heterocycles. The fraction of sp³-hybridized carbons (Fsp3) is 0.556. The van der Waals surface area contributed by atoms with Crippen molar-refractivity contribution in [2.24, 2.45) is 0 Å². The number of anilines is 1. The molecular weight excluding hydrogens is 198 g/mol. The summed E-state index contributed by atoms with van der Waals surface area (Å²) in [7, 11) is 0. The van der Waals surface area contributed by atoms with Gasteiger partial charge in [0.05, 0.1) is 6.10 Å². The predicted octanol–water partition coefficient (Wildman–Crippen LogP) is 1.33. The quantitative estimate of drug-likeness (QED) is 0.764. The summed E-state index contributed by atoms with van der Waals surface area (Å²) in [5, 5.41) is 0.808. The topological polar surface area (TPSA) is 61.0 Å². The highest BCUT2D eigenvalue weighted by Crippen LogP contribution is 2.24. The molecule has 1 aromatic heterocycles. The second-order valence-corrected chi connectivity index (χ2v) is 4.20. The maximum Gasteiger partial charge on any atom is 0.156 e. The summed E-state index contributed by atoms with van der Waals surface area (Å²) in [5.74, 6) is 1.43. The van der Waals surface area contributed by atoms with Crippen LogP contribution in [-0.4, -0.2) is 28.4 Å². The van der Waals surface area contributed by atoms with E-state index in [1.807, 2.05) is 0 Å². The molecule has 0 radical (unpaired) electrons. The standard InChI is InChI=1S/C9H13N3OS/c10-8-9(12-4-3-11-8)14-6-7-2-1-5-13-7/h3-4,7H,1-2,5-6H2,(H2,10,11). The molecule has 1 aliphatic heterocycles. The third-order valence-electron chi connectivity index (χ3n) is 2.12. The Bertz CT molecular complexity index is 302. The van der Waals surface area contributed by atoms with Gasteiger partial charge < -0.3 is 10.5 Å². The smallest absolute Gasteiger partial charge is 0.156 e. The highest BCUT2D eigenvalue weighted by Gasteiger charge is 2.16. The fourth-order valence-corrected chi connectivity index (χ4v) is 2.34. The highest BCUT2D eigenvalue weighted by molar-refractivity contribution is 7.99. The Labute approximate surface area is 87.3 Å². The van der Waals surface area contributed by atoms with Crippen LogP contribution in [0.5, 0.6) is 0 Å². The Morgan fingerprint density at radius 2 is 2.36 bits per heavy atom. The lowest BCUT2D eigenvalue weighted by Crippen LogP contribution is -2.08. The minimum atomic E-state index is 0.362. The Morgan fingerprint density at radius 1 is 1.50 bits per heavy atom. The van der Waals surface area contributed by atoms with Gasteiger partial charge in [-0.15, -0.1) is 0 Å². The first kappa shape index (κ1) is 9.73. The van der Waals surface area contributed by atoms with E-state index in [0.29, 0.717) is 11.9 Å². The maximum absolute atomic E-state index is 5.67. The van der Waals surface area contributed by atoms with Gasteiger partial charge in [0, 0.05) is 24.8 Å². The summed E-state index contributed by atoms with van der Waals surface area (Å²) in [6.07, 6.45) is 5.94. The molecule has 1 aromatic rings. The van der Waals surface area contributed by atoms with E-state index in [4.69, 9.17) is 10.5 Å². The maximum atomic E-state index is 5.67. The first-order valence-corrected chi connectivity index (χ1v) is 5.65. The van der Waals surface area contributed by atoms with Crippen LogP contribution in [0.4, 0.5) is 5.82 Å². The predicted molar refractivity (Wildman–Crippen MR) is 56.1 cm³/mol. The molecule has 0 spiro atoms. The molecule has 14 heavy (non-hydrogen) atoms. The molecule has 5 heteroatoms. The molecule has 0 aliphatic carbocycles. The second-order valence-electron chi connectivity index (χ2n) is 3.19. The van der Waals surface area contributed by atoms with Crippen molar-refractivity contribution in [2.45, 2.75) is 24.0 Å². The van der Waals surface area contributed by atoms with E-state index in [2.05, 4.69) is 9.97 Å². The van der Waals surface area contributed by atoms with Crippen LogP contribution in [0.15, 0.2) is 17.4 Å². The van der Waals surface area contributed by atoms with Crippen molar-refractivity contribution in [1.82, 2.24) is 9.97 Å². The van der Waals surface area contributed by atoms with E-state index >= 15 is 0 Å². The van der Waals surface area contributed by atoms with Crippen molar-refractivity contribution >= 4 is 17.6 Å². The van der Waals surface area contributed by atoms with Crippen LogP contribution in [0, 0.1) is 0 Å². The third kappa shape index (κ3) is 2.36. The van der Waals surface area contributed by atoms with Gasteiger partial charge >= 0.3 is 0 Å². The van der Waals surface area contributed by atoms with E-state index in [9.17, 15) is 0 Å². The molecule has 2 rings (SSSR count). The minimum Gasteiger partial charge on any atom is -0.381 e. The zero-order valence-electron chi connectivity index (χ0n) is 7.85. The normalized spacial score (nSPS) is 21.3. The Kier molecular flexibility index (Phi) is 3.21. The molecule has 0 saturated carbocycles. The van der Waals surface area contributed by atoms with Gasteiger partial charge in [-0.05, 0) is 12.8 Å². The van der Waals surface area contributed by atoms with Crippen molar-refractivity contribution in [1.29, 1.82) is 0 Å². The molecule has 0 aromatic carbocycles. The van der Waals surface area contributed by atoms with Crippen molar-refractivity contribution in [2.75, 3.05) is 18.1 Å². The molecular formula is C9H13N3OS. The summed E-state index contributed by atoms with van der Waals surface area (Å²) in [6, 6.07) is 0. The molecule has 2 heterocycles. The number of nitrogen functional groups attached to an aromatic ring is 1. The molecule has 0 bridgehead atoms. The van der Waals surface area contributed by atoms with Gasteiger partial charge in [0.1, 0.15) is 5.03 Å². The minimum absolute atomic E-state index is 0.362. The monoisotopic (exact) mass is 211 g/mol. The van der Waals surface area contributed by atoms with Crippen LogP contribution in [0.1, 0.15) is 12.8 Å². The molecule has 1 unspecified atom stereocenters. The lowest BCUT2D eigenvalue weighted by Gasteiger charge is -2.08.